The van der Waals surface area contributed by atoms with Crippen molar-refractivity contribution in [1.29, 1.82) is 0 Å². The fourth-order valence-electron chi connectivity index (χ4n) is 7.51. The van der Waals surface area contributed by atoms with Gasteiger partial charge in [0.2, 0.25) is 14.3 Å². The highest BCUT2D eigenvalue weighted by Gasteiger charge is 2.66. The van der Waals surface area contributed by atoms with Crippen molar-refractivity contribution in [3.8, 4) is 5.75 Å². The van der Waals surface area contributed by atoms with Gasteiger partial charge in [-0.2, -0.15) is 0 Å². The molecule has 2 saturated heterocycles. The van der Waals surface area contributed by atoms with Gasteiger partial charge >= 0.3 is 0 Å². The van der Waals surface area contributed by atoms with Gasteiger partial charge in [-0.15, -0.1) is 0 Å². The molecular weight excluding hydrogens is 545 g/mol. The molecule has 2 fully saturated rings. The second-order valence-corrected chi connectivity index (χ2v) is 15.9. The van der Waals surface area contributed by atoms with Crippen molar-refractivity contribution in [3.63, 3.8) is 0 Å². The molecule has 0 bridgehead atoms. The molecule has 4 heterocycles. The topological polar surface area (TPSA) is 99.6 Å². The van der Waals surface area contributed by atoms with E-state index in [1.165, 1.54) is 4.90 Å². The maximum atomic E-state index is 16.1. The molecule has 2 aromatic rings. The Hall–Kier alpha value is -3.28. The van der Waals surface area contributed by atoms with Crippen LogP contribution < -0.4 is 14.5 Å². The molecule has 0 aromatic heterocycles. The predicted molar refractivity (Wildman–Crippen MR) is 153 cm³/mol. The third kappa shape index (κ3) is 4.19. The van der Waals surface area contributed by atoms with E-state index in [1.807, 2.05) is 19.1 Å². The Bertz CT molecular complexity index is 1410. The van der Waals surface area contributed by atoms with Crippen molar-refractivity contribution < 1.29 is 33.1 Å². The summed E-state index contributed by atoms with van der Waals surface area (Å²) in [6, 6.07) is 12.4. The first-order chi connectivity index (χ1) is 19.5. The van der Waals surface area contributed by atoms with Crippen LogP contribution in [-0.4, -0.2) is 75.1 Å². The van der Waals surface area contributed by atoms with Crippen molar-refractivity contribution in [2.45, 2.75) is 62.6 Å². The average molecular weight is 582 g/mol. The number of rotatable bonds is 5. The van der Waals surface area contributed by atoms with E-state index in [2.05, 4.69) is 0 Å². The van der Waals surface area contributed by atoms with Gasteiger partial charge in [-0.05, 0) is 56.3 Å². The second-order valence-electron chi connectivity index (χ2n) is 12.1. The first-order valence-electron chi connectivity index (χ1n) is 14.2. The minimum Gasteiger partial charge on any atom is -0.482 e. The lowest BCUT2D eigenvalue weighted by Gasteiger charge is -2.32. The predicted octanol–water partition coefficient (Wildman–Crippen LogP) is 3.87. The Morgan fingerprint density at radius 1 is 1.17 bits per heavy atom. The summed E-state index contributed by atoms with van der Waals surface area (Å²) in [7, 11) is -1.78. The van der Waals surface area contributed by atoms with Crippen LogP contribution in [0.2, 0.25) is 18.6 Å². The number of amides is 3. The number of likely N-dealkylation sites (tertiary alicyclic amines) is 1. The van der Waals surface area contributed by atoms with E-state index < -0.39 is 31.6 Å². The second kappa shape index (κ2) is 9.92. The minimum atomic E-state index is -3.45. The summed E-state index contributed by atoms with van der Waals surface area (Å²) in [5.74, 6) is -0.731. The number of nitrogens with zero attached hydrogens (tertiary/aromatic N) is 3. The van der Waals surface area contributed by atoms with Crippen molar-refractivity contribution in [2.24, 2.45) is 5.92 Å². The first-order valence-corrected chi connectivity index (χ1v) is 17.2. The van der Waals surface area contributed by atoms with Crippen LogP contribution in [0, 0.1) is 5.92 Å². The van der Waals surface area contributed by atoms with E-state index in [9.17, 15) is 19.5 Å². The number of ether oxygens (including phenoxy) is 2. The molecule has 9 nitrogen and oxygen atoms in total. The lowest BCUT2D eigenvalue weighted by atomic mass is 9.82. The Labute approximate surface area is 240 Å². The van der Waals surface area contributed by atoms with E-state index >= 15 is 4.11 Å². The van der Waals surface area contributed by atoms with Crippen molar-refractivity contribution >= 4 is 43.2 Å². The van der Waals surface area contributed by atoms with Gasteiger partial charge in [0.25, 0.3) is 11.8 Å². The van der Waals surface area contributed by atoms with Crippen LogP contribution in [0.15, 0.2) is 42.5 Å². The van der Waals surface area contributed by atoms with Gasteiger partial charge in [-0.3, -0.25) is 19.3 Å². The number of fused-ring (bicyclic) bond motifs is 3. The maximum absolute atomic E-state index is 16.1. The molecule has 0 radical (unpaired) electrons. The molecule has 5 atom stereocenters. The SMILES string of the molecule is C[C@@H]1[C@@H]([Si](C)(C)F)[C@H](CC(=O)N2CCC[C@H]2CO)O[C@@]12C(=O)N(C)c1ccc(N3C(=O)COc4ccccc43)cc12. The first kappa shape index (κ1) is 27.9. The molecular formula is C30H36FN3O6Si. The third-order valence-electron chi connectivity index (χ3n) is 9.32. The number of para-hydroxylation sites is 2. The van der Waals surface area contributed by atoms with Crippen molar-refractivity contribution in [2.75, 3.05) is 36.6 Å². The molecule has 6 rings (SSSR count). The van der Waals surface area contributed by atoms with Crippen LogP contribution in [0.25, 0.3) is 0 Å². The molecule has 11 heteroatoms. The van der Waals surface area contributed by atoms with Gasteiger partial charge in [0, 0.05) is 36.3 Å². The molecule has 0 aliphatic carbocycles. The zero-order valence-electron chi connectivity index (χ0n) is 23.8. The van der Waals surface area contributed by atoms with Crippen LogP contribution in [0.1, 0.15) is 31.7 Å². The van der Waals surface area contributed by atoms with Gasteiger partial charge in [0.05, 0.1) is 36.5 Å². The average Bonchev–Trinajstić information content (AvgIpc) is 3.59. The third-order valence-corrected chi connectivity index (χ3v) is 11.8. The molecule has 1 N–H and O–H groups in total. The minimum absolute atomic E-state index is 0.0606. The number of halogens is 1. The molecule has 0 saturated carbocycles. The van der Waals surface area contributed by atoms with E-state index in [1.54, 1.807) is 60.3 Å². The zero-order chi connectivity index (χ0) is 29.3. The van der Waals surface area contributed by atoms with E-state index in [-0.39, 0.29) is 43.4 Å². The summed E-state index contributed by atoms with van der Waals surface area (Å²) in [4.78, 5) is 45.4. The van der Waals surface area contributed by atoms with Gasteiger partial charge in [0.15, 0.2) is 12.2 Å². The highest BCUT2D eigenvalue weighted by atomic mass is 28.4. The number of hydrogen-bond donors (Lipinski definition) is 1. The number of aliphatic hydroxyl groups excluding tert-OH is 1. The molecule has 0 unspecified atom stereocenters. The van der Waals surface area contributed by atoms with Crippen LogP contribution in [0.3, 0.4) is 0 Å². The smallest absolute Gasteiger partial charge is 0.269 e. The summed E-state index contributed by atoms with van der Waals surface area (Å²) in [6.45, 7) is 5.35. The number of likely N-dealkylation sites (N-methyl/N-ethyl adjacent to an activating group) is 1. The Kier molecular flexibility index (Phi) is 6.74. The normalized spacial score (nSPS) is 29.3. The molecule has 2 aromatic carbocycles. The summed E-state index contributed by atoms with van der Waals surface area (Å²) in [6.07, 6.45) is 0.665. The summed E-state index contributed by atoms with van der Waals surface area (Å²) in [5.41, 5.74) is 0.224. The van der Waals surface area contributed by atoms with Crippen LogP contribution in [0.4, 0.5) is 21.2 Å². The lowest BCUT2D eigenvalue weighted by Crippen LogP contribution is -2.44. The number of carbonyl (C=O) groups excluding carboxylic acids is 3. The molecule has 3 amide bonds. The van der Waals surface area contributed by atoms with E-state index in [4.69, 9.17) is 9.47 Å². The van der Waals surface area contributed by atoms with Crippen LogP contribution in [-0.2, 0) is 24.7 Å². The number of carbonyl (C=O) groups is 3. The van der Waals surface area contributed by atoms with Gasteiger partial charge in [-0.25, -0.2) is 0 Å². The number of aliphatic hydroxyl groups is 1. The highest BCUT2D eigenvalue weighted by Crippen LogP contribution is 2.60. The number of benzene rings is 2. The standard InChI is InChI=1S/C30H36FN3O6Si/c1-18-28(41(3,4)31)25(15-26(36)33-13-7-8-20(33)16-35)40-30(18)21-14-19(11-12-22(21)32(2)29(30)38)34-23-9-5-6-10-24(23)39-17-27(34)37/h5-6,9-12,14,18,20,25,28,35H,7-8,13,15-17H2,1-4H3/t18-,20+,25+,28-,30+/m1/s1. The number of anilines is 3. The summed E-state index contributed by atoms with van der Waals surface area (Å²) >= 11 is 0. The highest BCUT2D eigenvalue weighted by molar-refractivity contribution is 6.72. The molecule has 41 heavy (non-hydrogen) atoms. The Balaban J connectivity index is 1.42. The molecule has 218 valence electrons. The van der Waals surface area contributed by atoms with Gasteiger partial charge in [-0.1, -0.05) is 19.1 Å². The number of hydrogen-bond acceptors (Lipinski definition) is 6. The maximum Gasteiger partial charge on any atom is 0.269 e. The van der Waals surface area contributed by atoms with Crippen LogP contribution >= 0.6 is 0 Å². The van der Waals surface area contributed by atoms with Gasteiger partial charge in [0.1, 0.15) is 5.75 Å². The fraction of sp³-hybridized carbons (Fsp3) is 0.500. The lowest BCUT2D eigenvalue weighted by molar-refractivity contribution is -0.149. The van der Waals surface area contributed by atoms with Crippen LogP contribution in [0.5, 0.6) is 5.75 Å². The quantitative estimate of drug-likeness (QED) is 0.425. The van der Waals surface area contributed by atoms with E-state index in [0.717, 1.165) is 12.8 Å². The summed E-state index contributed by atoms with van der Waals surface area (Å²) < 4.78 is 28.4. The largest absolute Gasteiger partial charge is 0.482 e. The molecule has 4 aliphatic rings. The van der Waals surface area contributed by atoms with Crippen molar-refractivity contribution in [1.82, 2.24) is 4.90 Å². The fourth-order valence-corrected chi connectivity index (χ4v) is 10.0. The van der Waals surface area contributed by atoms with Crippen molar-refractivity contribution in [3.05, 3.63) is 48.0 Å². The Morgan fingerprint density at radius 3 is 2.66 bits per heavy atom. The Morgan fingerprint density at radius 2 is 1.93 bits per heavy atom. The molecule has 4 aliphatic heterocycles. The van der Waals surface area contributed by atoms with Gasteiger partial charge < -0.3 is 28.5 Å². The summed E-state index contributed by atoms with van der Waals surface area (Å²) in [5, 5.41) is 9.76. The molecule has 1 spiro atoms. The zero-order valence-corrected chi connectivity index (χ0v) is 24.8. The monoisotopic (exact) mass is 581 g/mol. The van der Waals surface area contributed by atoms with E-state index in [0.29, 0.717) is 34.9 Å².